The Morgan fingerprint density at radius 1 is 1.29 bits per heavy atom. The molecule has 0 radical (unpaired) electrons. The van der Waals surface area contributed by atoms with E-state index in [2.05, 4.69) is 27.7 Å². The molecule has 6 heteroatoms. The van der Waals surface area contributed by atoms with E-state index < -0.39 is 0 Å². The molecule has 0 aliphatic rings. The molecule has 0 spiro atoms. The third-order valence-electron chi connectivity index (χ3n) is 4.02. The summed E-state index contributed by atoms with van der Waals surface area (Å²) in [5.41, 5.74) is 3.18. The highest BCUT2D eigenvalue weighted by Crippen LogP contribution is 2.22. The lowest BCUT2D eigenvalue weighted by atomic mass is 10.00. The normalized spacial score (nSPS) is 12.8. The maximum atomic E-state index is 5.37. The van der Waals surface area contributed by atoms with Crippen LogP contribution >= 0.6 is 0 Å². The number of aromatic nitrogens is 1. The largest absolute Gasteiger partial charge is 0.496 e. The van der Waals surface area contributed by atoms with Gasteiger partial charge in [-0.25, -0.2) is 0 Å². The zero-order valence-corrected chi connectivity index (χ0v) is 15.0. The van der Waals surface area contributed by atoms with Gasteiger partial charge in [0.15, 0.2) is 5.96 Å². The molecule has 1 aromatic heterocycles. The number of aliphatic imine (C=N–C) groups is 1. The number of methoxy groups -OCH3 is 1. The highest BCUT2D eigenvalue weighted by atomic mass is 16.5. The van der Waals surface area contributed by atoms with E-state index in [1.807, 2.05) is 38.1 Å². The van der Waals surface area contributed by atoms with Gasteiger partial charge in [0.2, 0.25) is 0 Å². The van der Waals surface area contributed by atoms with Gasteiger partial charge in [-0.05, 0) is 19.9 Å². The Labute approximate surface area is 143 Å². The average molecular weight is 330 g/mol. The smallest absolute Gasteiger partial charge is 0.191 e. The van der Waals surface area contributed by atoms with Crippen LogP contribution in [0.25, 0.3) is 0 Å². The van der Waals surface area contributed by atoms with E-state index in [0.29, 0.717) is 6.54 Å². The van der Waals surface area contributed by atoms with Crippen molar-refractivity contribution in [2.45, 2.75) is 33.2 Å². The van der Waals surface area contributed by atoms with Gasteiger partial charge in [0.1, 0.15) is 11.5 Å². The Balaban J connectivity index is 1.91. The second kappa shape index (κ2) is 8.38. The molecular weight excluding hydrogens is 304 g/mol. The van der Waals surface area contributed by atoms with Crippen molar-refractivity contribution in [3.63, 3.8) is 0 Å². The first-order valence-corrected chi connectivity index (χ1v) is 8.06. The molecule has 2 N–H and O–H groups in total. The predicted octanol–water partition coefficient (Wildman–Crippen LogP) is 2.77. The Bertz CT molecular complexity index is 675. The molecule has 1 aromatic carbocycles. The highest BCUT2D eigenvalue weighted by molar-refractivity contribution is 5.79. The third kappa shape index (κ3) is 4.28. The molecule has 1 heterocycles. The first kappa shape index (κ1) is 17.8. The number of benzene rings is 1. The molecule has 0 amide bonds. The highest BCUT2D eigenvalue weighted by Gasteiger charge is 2.16. The summed E-state index contributed by atoms with van der Waals surface area (Å²) in [7, 11) is 3.44. The van der Waals surface area contributed by atoms with Crippen molar-refractivity contribution in [2.24, 2.45) is 4.99 Å². The molecule has 1 unspecified atom stereocenters. The van der Waals surface area contributed by atoms with Crippen molar-refractivity contribution in [3.05, 3.63) is 46.8 Å². The summed E-state index contributed by atoms with van der Waals surface area (Å²) in [6.07, 6.45) is 0. The molecule has 6 nitrogen and oxygen atoms in total. The maximum absolute atomic E-state index is 5.37. The zero-order valence-electron chi connectivity index (χ0n) is 15.0. The molecule has 0 fully saturated rings. The molecule has 2 aromatic rings. The zero-order chi connectivity index (χ0) is 17.5. The number of hydrogen-bond acceptors (Lipinski definition) is 4. The lowest BCUT2D eigenvalue weighted by Gasteiger charge is -2.17. The maximum Gasteiger partial charge on any atom is 0.191 e. The number of ether oxygens (including phenoxy) is 1. The molecule has 1 atom stereocenters. The molecule has 0 aliphatic heterocycles. The first-order chi connectivity index (χ1) is 11.6. The molecular formula is C18H26N4O2. The van der Waals surface area contributed by atoms with Crippen molar-refractivity contribution in [1.82, 2.24) is 15.8 Å². The van der Waals surface area contributed by atoms with Crippen LogP contribution in [0.1, 0.15) is 35.4 Å². The Morgan fingerprint density at radius 3 is 2.67 bits per heavy atom. The van der Waals surface area contributed by atoms with Gasteiger partial charge in [0, 0.05) is 37.2 Å². The number of nitrogens with zero attached hydrogens (tertiary/aromatic N) is 2. The fraction of sp³-hybridized carbons (Fsp3) is 0.444. The minimum absolute atomic E-state index is 0.279. The summed E-state index contributed by atoms with van der Waals surface area (Å²) < 4.78 is 10.6. The topological polar surface area (TPSA) is 71.7 Å². The molecule has 0 saturated carbocycles. The summed E-state index contributed by atoms with van der Waals surface area (Å²) in [4.78, 5) is 4.27. The predicted molar refractivity (Wildman–Crippen MR) is 95.6 cm³/mol. The van der Waals surface area contributed by atoms with Crippen LogP contribution in [0.2, 0.25) is 0 Å². The minimum atomic E-state index is 0.279. The molecule has 0 saturated heterocycles. The van der Waals surface area contributed by atoms with Gasteiger partial charge in [-0.2, -0.15) is 0 Å². The average Bonchev–Trinajstić information content (AvgIpc) is 2.93. The first-order valence-electron chi connectivity index (χ1n) is 8.06. The number of para-hydroxylation sites is 1. The summed E-state index contributed by atoms with van der Waals surface area (Å²) in [6, 6.07) is 7.94. The third-order valence-corrected chi connectivity index (χ3v) is 4.02. The van der Waals surface area contributed by atoms with Crippen molar-refractivity contribution in [2.75, 3.05) is 20.7 Å². The standard InChI is InChI=1S/C18H26N4O2/c1-12(17-13(2)22-24-14(17)3)10-20-18(19-4)21-11-15-8-6-7-9-16(15)23-5/h6-9,12H,10-11H2,1-5H3,(H2,19,20,21). The number of guanidine groups is 1. The van der Waals surface area contributed by atoms with Crippen LogP contribution in [0.15, 0.2) is 33.8 Å². The van der Waals surface area contributed by atoms with Crippen LogP contribution in [0.4, 0.5) is 0 Å². The van der Waals surface area contributed by atoms with Crippen LogP contribution in [-0.4, -0.2) is 31.8 Å². The summed E-state index contributed by atoms with van der Waals surface area (Å²) in [5, 5.41) is 10.7. The fourth-order valence-electron chi connectivity index (χ4n) is 2.79. The van der Waals surface area contributed by atoms with E-state index in [9.17, 15) is 0 Å². The number of rotatable bonds is 6. The van der Waals surface area contributed by atoms with E-state index in [-0.39, 0.29) is 5.92 Å². The number of aryl methyl sites for hydroxylation is 2. The second-order valence-corrected chi connectivity index (χ2v) is 5.76. The van der Waals surface area contributed by atoms with E-state index in [1.54, 1.807) is 14.2 Å². The van der Waals surface area contributed by atoms with Crippen molar-refractivity contribution in [1.29, 1.82) is 0 Å². The lowest BCUT2D eigenvalue weighted by molar-refractivity contribution is 0.391. The van der Waals surface area contributed by atoms with Crippen molar-refractivity contribution < 1.29 is 9.26 Å². The molecule has 130 valence electrons. The van der Waals surface area contributed by atoms with E-state index >= 15 is 0 Å². The molecule has 0 aliphatic carbocycles. The second-order valence-electron chi connectivity index (χ2n) is 5.76. The minimum Gasteiger partial charge on any atom is -0.496 e. The van der Waals surface area contributed by atoms with E-state index in [1.165, 1.54) is 0 Å². The van der Waals surface area contributed by atoms with Crippen LogP contribution in [0, 0.1) is 13.8 Å². The van der Waals surface area contributed by atoms with Gasteiger partial charge in [0.05, 0.1) is 12.8 Å². The molecule has 0 bridgehead atoms. The van der Waals surface area contributed by atoms with Gasteiger partial charge >= 0.3 is 0 Å². The van der Waals surface area contributed by atoms with E-state index in [4.69, 9.17) is 9.26 Å². The molecule has 2 rings (SSSR count). The quantitative estimate of drug-likeness (QED) is 0.629. The van der Waals surface area contributed by atoms with Gasteiger partial charge in [-0.15, -0.1) is 0 Å². The molecule has 24 heavy (non-hydrogen) atoms. The van der Waals surface area contributed by atoms with Gasteiger partial charge in [-0.1, -0.05) is 30.3 Å². The number of hydrogen-bond donors (Lipinski definition) is 2. The van der Waals surface area contributed by atoms with Crippen LogP contribution in [0.5, 0.6) is 5.75 Å². The SMILES string of the molecule is CN=C(NCc1ccccc1OC)NCC(C)c1c(C)noc1C. The summed E-state index contributed by atoms with van der Waals surface area (Å²) >= 11 is 0. The van der Waals surface area contributed by atoms with Gasteiger partial charge in [0.25, 0.3) is 0 Å². The van der Waals surface area contributed by atoms with Crippen molar-refractivity contribution >= 4 is 5.96 Å². The number of nitrogens with one attached hydrogen (secondary N) is 2. The van der Waals surface area contributed by atoms with Crippen LogP contribution < -0.4 is 15.4 Å². The lowest BCUT2D eigenvalue weighted by Crippen LogP contribution is -2.38. The summed E-state index contributed by atoms with van der Waals surface area (Å²) in [6.45, 7) is 7.45. The Hall–Kier alpha value is -2.50. The Morgan fingerprint density at radius 2 is 2.04 bits per heavy atom. The van der Waals surface area contributed by atoms with Crippen LogP contribution in [-0.2, 0) is 6.54 Å². The van der Waals surface area contributed by atoms with Gasteiger partial charge < -0.3 is 19.9 Å². The Kier molecular flexibility index (Phi) is 6.23. The fourth-order valence-corrected chi connectivity index (χ4v) is 2.79. The van der Waals surface area contributed by atoms with E-state index in [0.717, 1.165) is 40.8 Å². The van der Waals surface area contributed by atoms with Crippen molar-refractivity contribution in [3.8, 4) is 5.75 Å². The monoisotopic (exact) mass is 330 g/mol. The van der Waals surface area contributed by atoms with Gasteiger partial charge in [-0.3, -0.25) is 4.99 Å². The van der Waals surface area contributed by atoms with Crippen LogP contribution in [0.3, 0.4) is 0 Å². The summed E-state index contributed by atoms with van der Waals surface area (Å²) in [5.74, 6) is 2.77.